The van der Waals surface area contributed by atoms with Crippen LogP contribution < -0.4 is 20.1 Å². The van der Waals surface area contributed by atoms with E-state index in [0.29, 0.717) is 24.5 Å². The maximum absolute atomic E-state index is 13.9. The van der Waals surface area contributed by atoms with Crippen molar-refractivity contribution in [1.29, 1.82) is 0 Å². The quantitative estimate of drug-likeness (QED) is 0.0445. The Bertz CT molecular complexity index is 2750. The molecule has 7 rings (SSSR count). The molecule has 13 nitrogen and oxygen atoms in total. The van der Waals surface area contributed by atoms with Crippen LogP contribution in [0.15, 0.2) is 139 Å². The lowest BCUT2D eigenvalue weighted by atomic mass is 9.88. The number of rotatable bonds is 22. The summed E-state index contributed by atoms with van der Waals surface area (Å²) in [5.41, 5.74) is 11.4. The number of hydrogen-bond acceptors (Lipinski definition) is 10. The predicted molar refractivity (Wildman–Crippen MR) is 282 cm³/mol. The summed E-state index contributed by atoms with van der Waals surface area (Å²) in [4.78, 5) is 61.5. The van der Waals surface area contributed by atoms with Gasteiger partial charge in [-0.1, -0.05) is 130 Å². The van der Waals surface area contributed by atoms with Crippen molar-refractivity contribution in [2.75, 3.05) is 33.4 Å². The van der Waals surface area contributed by atoms with Gasteiger partial charge in [0.2, 0.25) is 17.7 Å². The number of β-amino-alcohol motifs (C(OH)–C–C–N with tert-alkyl or cyclic N) is 1. The minimum atomic E-state index is -0.878. The molecule has 0 spiro atoms. The fourth-order valence-electron chi connectivity index (χ4n) is 8.66. The monoisotopic (exact) mass is 991 g/mol. The average molecular weight is 992 g/mol. The van der Waals surface area contributed by atoms with Crippen LogP contribution in [0.3, 0.4) is 0 Å². The first-order valence-corrected chi connectivity index (χ1v) is 25.5. The molecule has 1 fully saturated rings. The molecule has 1 aliphatic heterocycles. The highest BCUT2D eigenvalue weighted by Crippen LogP contribution is 2.35. The maximum atomic E-state index is 13.9. The van der Waals surface area contributed by atoms with Gasteiger partial charge in [-0.15, -0.1) is 11.3 Å². The second-order valence-electron chi connectivity index (χ2n) is 18.3. The molecular weight excluding hydrogens is 927 g/mol. The summed E-state index contributed by atoms with van der Waals surface area (Å²) in [6, 6.07) is 42.3. The third kappa shape index (κ3) is 14.2. The number of carbonyl (C=O) groups excluding carboxylic acids is 4. The average Bonchev–Trinajstić information content (AvgIpc) is 4.02. The molecule has 3 atom stereocenters. The number of nitrogens with zero attached hydrogens (tertiary/aromatic N) is 3. The van der Waals surface area contributed by atoms with E-state index in [1.165, 1.54) is 26.5 Å². The Kier molecular flexibility index (Phi) is 18.8. The minimum Gasteiger partial charge on any atom is -0.494 e. The van der Waals surface area contributed by atoms with Gasteiger partial charge in [-0.05, 0) is 94.5 Å². The lowest BCUT2D eigenvalue weighted by Gasteiger charge is -2.30. The van der Waals surface area contributed by atoms with Crippen LogP contribution in [0.25, 0.3) is 21.6 Å². The highest BCUT2D eigenvalue weighted by Gasteiger charge is 2.42. The summed E-state index contributed by atoms with van der Waals surface area (Å²) in [5, 5.41) is 16.3. The molecule has 0 unspecified atom stereocenters. The van der Waals surface area contributed by atoms with Crippen LogP contribution in [-0.4, -0.2) is 95.2 Å². The number of aliphatic hydroxyl groups excluding tert-OH is 1. The van der Waals surface area contributed by atoms with E-state index in [9.17, 15) is 24.3 Å². The zero-order valence-electron chi connectivity index (χ0n) is 41.7. The molecule has 14 heteroatoms. The Morgan fingerprint density at radius 2 is 1.42 bits per heavy atom. The molecule has 1 aliphatic rings. The van der Waals surface area contributed by atoms with Gasteiger partial charge in [-0.3, -0.25) is 14.4 Å². The molecule has 5 aromatic carbocycles. The third-order valence-electron chi connectivity index (χ3n) is 12.6. The number of ether oxygens (including phenoxy) is 3. The van der Waals surface area contributed by atoms with E-state index in [-0.39, 0.29) is 63.5 Å². The number of nitrogens with one attached hydrogen (secondary N) is 2. The number of aliphatic hydroxyl groups is 1. The summed E-state index contributed by atoms with van der Waals surface area (Å²) in [6.45, 7) is 9.03. The standard InChI is InChI=1S/C58H65N5O8S/c1-6-50(43-14-9-7-10-15-43)53(44-16-11-8-12-17-44)45-25-29-49(30-26-45)70-33-31-62(5)58(68)71-37-42-21-27-48(28-22-42)69-32-13-18-52(65)61-54(39(2)3)57(67)63-36-47(64)34-51(63)56(66)59-35-41-19-23-46(24-20-41)55-40(4)60-38-72-55/h7-12,14-17,19-30,38-39,47,51,54,64H,6,13,18,31-37H2,1-5H3,(H,59,66)(H,61,65)/b53-50-/t47-,51+,54+/m1/s1. The summed E-state index contributed by atoms with van der Waals surface area (Å²) >= 11 is 1.57. The van der Waals surface area contributed by atoms with E-state index >= 15 is 0 Å². The Balaban J connectivity index is 0.800. The zero-order chi connectivity index (χ0) is 51.0. The molecule has 3 N–H and O–H groups in total. The van der Waals surface area contributed by atoms with Crippen LogP contribution >= 0.6 is 11.3 Å². The number of aromatic nitrogens is 1. The smallest absolute Gasteiger partial charge is 0.409 e. The van der Waals surface area contributed by atoms with Crippen molar-refractivity contribution >= 4 is 46.3 Å². The van der Waals surface area contributed by atoms with Gasteiger partial charge in [-0.25, -0.2) is 9.78 Å². The molecule has 1 aromatic heterocycles. The van der Waals surface area contributed by atoms with E-state index in [1.807, 2.05) is 86.9 Å². The van der Waals surface area contributed by atoms with Crippen molar-refractivity contribution < 1.29 is 38.5 Å². The van der Waals surface area contributed by atoms with Crippen molar-refractivity contribution in [3.05, 3.63) is 172 Å². The third-order valence-corrected chi connectivity index (χ3v) is 13.6. The van der Waals surface area contributed by atoms with Crippen LogP contribution in [0.4, 0.5) is 4.79 Å². The van der Waals surface area contributed by atoms with Crippen LogP contribution in [0.5, 0.6) is 11.5 Å². The number of likely N-dealkylation sites (N-methyl/N-ethyl adjacent to an activating group) is 1. The summed E-state index contributed by atoms with van der Waals surface area (Å²) in [7, 11) is 1.67. The van der Waals surface area contributed by atoms with Gasteiger partial charge >= 0.3 is 6.09 Å². The van der Waals surface area contributed by atoms with E-state index in [0.717, 1.165) is 44.8 Å². The Morgan fingerprint density at radius 1 is 0.806 bits per heavy atom. The number of hydrogen-bond donors (Lipinski definition) is 3. The molecule has 2 heterocycles. The molecule has 6 aromatic rings. The first-order valence-electron chi connectivity index (χ1n) is 24.6. The molecule has 72 heavy (non-hydrogen) atoms. The summed E-state index contributed by atoms with van der Waals surface area (Å²) in [6.07, 6.45) is 0.165. The molecular formula is C58H65N5O8S. The molecule has 0 bridgehead atoms. The van der Waals surface area contributed by atoms with E-state index in [2.05, 4.69) is 83.2 Å². The van der Waals surface area contributed by atoms with Gasteiger partial charge in [0.15, 0.2) is 0 Å². The topological polar surface area (TPSA) is 160 Å². The SMILES string of the molecule is CC/C(=C(\c1ccccc1)c1ccc(OCCN(C)C(=O)OCc2ccc(OCCCC(=O)N[C@H](C(=O)N3C[C@H](O)C[C@H]3C(=O)NCc3ccc(-c4scnc4C)cc3)C(C)C)cc2)cc1)c1ccccc1. The zero-order valence-corrected chi connectivity index (χ0v) is 42.5. The normalized spacial score (nSPS) is 15.1. The van der Waals surface area contributed by atoms with Crippen LogP contribution in [-0.2, 0) is 32.3 Å². The number of amides is 4. The second-order valence-corrected chi connectivity index (χ2v) is 19.1. The Hall–Kier alpha value is -7.29. The van der Waals surface area contributed by atoms with Crippen molar-refractivity contribution in [2.45, 2.75) is 84.7 Å². The van der Waals surface area contributed by atoms with Crippen molar-refractivity contribution in [3.8, 4) is 21.9 Å². The molecule has 376 valence electrons. The number of allylic oxidation sites excluding steroid dienone is 1. The van der Waals surface area contributed by atoms with Gasteiger partial charge in [0, 0.05) is 33.0 Å². The highest BCUT2D eigenvalue weighted by molar-refractivity contribution is 7.13. The van der Waals surface area contributed by atoms with E-state index < -0.39 is 30.2 Å². The van der Waals surface area contributed by atoms with Gasteiger partial charge in [0.1, 0.15) is 36.8 Å². The van der Waals surface area contributed by atoms with E-state index in [1.54, 1.807) is 30.5 Å². The lowest BCUT2D eigenvalue weighted by Crippen LogP contribution is -2.55. The van der Waals surface area contributed by atoms with Crippen LogP contribution in [0, 0.1) is 12.8 Å². The molecule has 4 amide bonds. The van der Waals surface area contributed by atoms with Crippen molar-refractivity contribution in [2.24, 2.45) is 5.92 Å². The lowest BCUT2D eigenvalue weighted by molar-refractivity contribution is -0.142. The van der Waals surface area contributed by atoms with E-state index in [4.69, 9.17) is 14.2 Å². The minimum absolute atomic E-state index is 0.00274. The summed E-state index contributed by atoms with van der Waals surface area (Å²) in [5.74, 6) is -0.0479. The van der Waals surface area contributed by atoms with Gasteiger partial charge in [-0.2, -0.15) is 0 Å². The largest absolute Gasteiger partial charge is 0.494 e. The summed E-state index contributed by atoms with van der Waals surface area (Å²) < 4.78 is 17.5. The molecule has 0 aliphatic carbocycles. The molecule has 1 saturated heterocycles. The Morgan fingerprint density at radius 3 is 2.04 bits per heavy atom. The van der Waals surface area contributed by atoms with Gasteiger partial charge in [0.25, 0.3) is 0 Å². The van der Waals surface area contributed by atoms with Gasteiger partial charge in [0.05, 0.1) is 35.3 Å². The maximum Gasteiger partial charge on any atom is 0.409 e. The van der Waals surface area contributed by atoms with Crippen LogP contribution in [0.2, 0.25) is 0 Å². The van der Waals surface area contributed by atoms with Crippen molar-refractivity contribution in [1.82, 2.24) is 25.4 Å². The fraction of sp³-hybridized carbons (Fsp3) is 0.328. The number of carbonyl (C=O) groups is 4. The van der Waals surface area contributed by atoms with Gasteiger partial charge < -0.3 is 39.8 Å². The first-order chi connectivity index (χ1) is 34.9. The number of thiazole rings is 1. The number of aryl methyl sites for hydroxylation is 1. The number of likely N-dealkylation sites (tertiary alicyclic amines) is 1. The predicted octanol–water partition coefficient (Wildman–Crippen LogP) is 9.71. The van der Waals surface area contributed by atoms with Crippen LogP contribution in [0.1, 0.15) is 80.0 Å². The second kappa shape index (κ2) is 25.7. The van der Waals surface area contributed by atoms with Crippen molar-refractivity contribution in [3.63, 3.8) is 0 Å². The first kappa shape index (κ1) is 52.5. The Labute approximate surface area is 426 Å². The molecule has 0 saturated carbocycles. The highest BCUT2D eigenvalue weighted by atomic mass is 32.1. The fourth-order valence-corrected chi connectivity index (χ4v) is 9.47. The molecule has 0 radical (unpaired) electrons. The number of benzene rings is 5.